The summed E-state index contributed by atoms with van der Waals surface area (Å²) in [6.07, 6.45) is -0.149. The van der Waals surface area contributed by atoms with Crippen molar-refractivity contribution < 1.29 is 14.3 Å². The highest BCUT2D eigenvalue weighted by Gasteiger charge is 2.26. The van der Waals surface area contributed by atoms with E-state index in [2.05, 4.69) is 28.0 Å². The number of piperazine rings is 1. The molecule has 1 fully saturated rings. The number of aromatic nitrogens is 1. The quantitative estimate of drug-likeness (QED) is 0.573. The first-order valence-electron chi connectivity index (χ1n) is 11.1. The fourth-order valence-corrected chi connectivity index (χ4v) is 5.17. The molecule has 3 heterocycles. The van der Waals surface area contributed by atoms with E-state index >= 15 is 0 Å². The zero-order chi connectivity index (χ0) is 21.9. The van der Waals surface area contributed by atoms with Crippen molar-refractivity contribution in [2.24, 2.45) is 0 Å². The number of rotatable bonds is 6. The van der Waals surface area contributed by atoms with E-state index < -0.39 is 0 Å². The molecular formula is C24H28N4O3S. The van der Waals surface area contributed by atoms with Gasteiger partial charge < -0.3 is 14.4 Å². The standard InChI is InChI=1S/C24H28N4O3S/c1-26(14-18-17-30-20-7-3-4-8-21(20)31-18)24(29)16-28-12-10-27(11-13-28)15-23-25-19-6-2-5-9-22(19)32-23/h2-9,18H,10-17H2,1H3/t18-/m0/s1. The highest BCUT2D eigenvalue weighted by Crippen LogP contribution is 2.31. The van der Waals surface area contributed by atoms with Crippen LogP contribution >= 0.6 is 11.3 Å². The van der Waals surface area contributed by atoms with Gasteiger partial charge in [-0.2, -0.15) is 0 Å². The third kappa shape index (κ3) is 4.87. The summed E-state index contributed by atoms with van der Waals surface area (Å²) in [5.74, 6) is 1.63. The van der Waals surface area contributed by atoms with Gasteiger partial charge >= 0.3 is 0 Å². The zero-order valence-electron chi connectivity index (χ0n) is 18.3. The van der Waals surface area contributed by atoms with Crippen LogP contribution in [0.15, 0.2) is 48.5 Å². The first-order chi connectivity index (χ1) is 15.6. The molecule has 0 bridgehead atoms. The lowest BCUT2D eigenvalue weighted by Gasteiger charge is -2.35. The van der Waals surface area contributed by atoms with Crippen molar-refractivity contribution in [1.29, 1.82) is 0 Å². The fourth-order valence-electron chi connectivity index (χ4n) is 4.16. The Labute approximate surface area is 192 Å². The van der Waals surface area contributed by atoms with E-state index in [-0.39, 0.29) is 12.0 Å². The van der Waals surface area contributed by atoms with Gasteiger partial charge in [0, 0.05) is 33.2 Å². The van der Waals surface area contributed by atoms with E-state index in [1.54, 1.807) is 16.2 Å². The molecule has 2 aromatic carbocycles. The number of thiazole rings is 1. The maximum atomic E-state index is 12.8. The molecule has 2 aliphatic heterocycles. The normalized spacial score (nSPS) is 19.2. The third-order valence-corrected chi connectivity index (χ3v) is 7.01. The Bertz CT molecular complexity index is 1050. The Morgan fingerprint density at radius 1 is 1.06 bits per heavy atom. The monoisotopic (exact) mass is 452 g/mol. The summed E-state index contributed by atoms with van der Waals surface area (Å²) in [4.78, 5) is 23.9. The number of ether oxygens (including phenoxy) is 2. The summed E-state index contributed by atoms with van der Waals surface area (Å²) in [7, 11) is 1.84. The van der Waals surface area contributed by atoms with E-state index in [1.165, 1.54) is 4.70 Å². The number of likely N-dealkylation sites (N-methyl/N-ethyl adjacent to an activating group) is 1. The van der Waals surface area contributed by atoms with Gasteiger partial charge in [0.15, 0.2) is 17.6 Å². The van der Waals surface area contributed by atoms with Crippen molar-refractivity contribution in [2.75, 3.05) is 52.9 Å². The molecule has 1 saturated heterocycles. The number of carbonyl (C=O) groups excluding carboxylic acids is 1. The lowest BCUT2D eigenvalue weighted by Crippen LogP contribution is -2.50. The van der Waals surface area contributed by atoms with E-state index in [0.717, 1.165) is 54.7 Å². The molecular weight excluding hydrogens is 424 g/mol. The number of hydrogen-bond donors (Lipinski definition) is 0. The van der Waals surface area contributed by atoms with E-state index in [1.807, 2.05) is 37.4 Å². The molecule has 1 amide bonds. The largest absolute Gasteiger partial charge is 0.486 e. The summed E-state index contributed by atoms with van der Waals surface area (Å²) in [5, 5.41) is 1.16. The molecule has 0 saturated carbocycles. The number of para-hydroxylation sites is 3. The van der Waals surface area contributed by atoms with Gasteiger partial charge in [0.2, 0.25) is 5.91 Å². The number of carbonyl (C=O) groups is 1. The summed E-state index contributed by atoms with van der Waals surface area (Å²) < 4.78 is 13.0. The topological polar surface area (TPSA) is 58.1 Å². The van der Waals surface area contributed by atoms with E-state index in [0.29, 0.717) is 19.7 Å². The summed E-state index contributed by atoms with van der Waals surface area (Å²) in [6.45, 7) is 5.97. The SMILES string of the molecule is CN(C[C@H]1COc2ccccc2O1)C(=O)CN1CCN(Cc2nc3ccccc3s2)CC1. The molecule has 1 aromatic heterocycles. The predicted molar refractivity (Wildman–Crippen MR) is 125 cm³/mol. The van der Waals surface area contributed by atoms with Crippen LogP contribution in [-0.2, 0) is 11.3 Å². The van der Waals surface area contributed by atoms with Gasteiger partial charge in [0.25, 0.3) is 0 Å². The number of benzene rings is 2. The molecule has 7 nitrogen and oxygen atoms in total. The molecule has 2 aliphatic rings. The van der Waals surface area contributed by atoms with Crippen LogP contribution in [0, 0.1) is 0 Å². The van der Waals surface area contributed by atoms with Gasteiger partial charge in [0.1, 0.15) is 11.6 Å². The molecule has 0 spiro atoms. The lowest BCUT2D eigenvalue weighted by molar-refractivity contribution is -0.133. The van der Waals surface area contributed by atoms with Crippen molar-refractivity contribution in [2.45, 2.75) is 12.6 Å². The Hall–Kier alpha value is -2.68. The lowest BCUT2D eigenvalue weighted by atomic mass is 10.2. The predicted octanol–water partition coefficient (Wildman–Crippen LogP) is 2.71. The van der Waals surface area contributed by atoms with Crippen LogP contribution in [0.25, 0.3) is 10.2 Å². The number of nitrogens with zero attached hydrogens (tertiary/aromatic N) is 4. The summed E-state index contributed by atoms with van der Waals surface area (Å²) in [5.41, 5.74) is 1.08. The van der Waals surface area contributed by atoms with E-state index in [9.17, 15) is 4.79 Å². The minimum Gasteiger partial charge on any atom is -0.486 e. The van der Waals surface area contributed by atoms with Crippen molar-refractivity contribution in [3.63, 3.8) is 0 Å². The molecule has 168 valence electrons. The van der Waals surface area contributed by atoms with E-state index in [4.69, 9.17) is 14.5 Å². The average molecular weight is 453 g/mol. The van der Waals surface area contributed by atoms with Crippen LogP contribution in [0.5, 0.6) is 11.5 Å². The maximum Gasteiger partial charge on any atom is 0.236 e. The number of hydrogen-bond acceptors (Lipinski definition) is 7. The van der Waals surface area contributed by atoms with Crippen molar-refractivity contribution in [3.8, 4) is 11.5 Å². The fraction of sp³-hybridized carbons (Fsp3) is 0.417. The number of amides is 1. The van der Waals surface area contributed by atoms with Gasteiger partial charge in [-0.05, 0) is 24.3 Å². The molecule has 5 rings (SSSR count). The number of fused-ring (bicyclic) bond motifs is 2. The van der Waals surface area contributed by atoms with Gasteiger partial charge in [-0.25, -0.2) is 4.98 Å². The van der Waals surface area contributed by atoms with Crippen LogP contribution in [-0.4, -0.2) is 84.6 Å². The molecule has 32 heavy (non-hydrogen) atoms. The Morgan fingerprint density at radius 3 is 2.59 bits per heavy atom. The molecule has 3 aromatic rings. The maximum absolute atomic E-state index is 12.8. The van der Waals surface area contributed by atoms with Crippen LogP contribution in [0.1, 0.15) is 5.01 Å². The minimum atomic E-state index is -0.149. The van der Waals surface area contributed by atoms with Crippen LogP contribution in [0.4, 0.5) is 0 Å². The van der Waals surface area contributed by atoms with Crippen molar-refractivity contribution >= 4 is 27.5 Å². The average Bonchev–Trinajstić information content (AvgIpc) is 3.22. The second-order valence-electron chi connectivity index (χ2n) is 8.40. The van der Waals surface area contributed by atoms with Crippen LogP contribution in [0.3, 0.4) is 0 Å². The van der Waals surface area contributed by atoms with Crippen LogP contribution in [0.2, 0.25) is 0 Å². The minimum absolute atomic E-state index is 0.118. The summed E-state index contributed by atoms with van der Waals surface area (Å²) >= 11 is 1.77. The van der Waals surface area contributed by atoms with Gasteiger partial charge in [-0.15, -0.1) is 11.3 Å². The van der Waals surface area contributed by atoms with Gasteiger partial charge in [0.05, 0.1) is 29.9 Å². The molecule has 0 aliphatic carbocycles. The Kier molecular flexibility index (Phi) is 6.25. The Balaban J connectivity index is 1.07. The molecule has 1 atom stereocenters. The third-order valence-electron chi connectivity index (χ3n) is 5.99. The molecule has 0 N–H and O–H groups in total. The van der Waals surface area contributed by atoms with Crippen LogP contribution < -0.4 is 9.47 Å². The van der Waals surface area contributed by atoms with Gasteiger partial charge in [-0.3, -0.25) is 14.6 Å². The molecule has 0 unspecified atom stereocenters. The van der Waals surface area contributed by atoms with Gasteiger partial charge in [-0.1, -0.05) is 24.3 Å². The first kappa shape index (κ1) is 21.2. The smallest absolute Gasteiger partial charge is 0.236 e. The first-order valence-corrected chi connectivity index (χ1v) is 11.9. The highest BCUT2D eigenvalue weighted by molar-refractivity contribution is 7.18. The summed E-state index contributed by atoms with van der Waals surface area (Å²) in [6, 6.07) is 15.9. The molecule has 8 heteroatoms. The van der Waals surface area contributed by atoms with Crippen molar-refractivity contribution in [3.05, 3.63) is 53.5 Å². The highest BCUT2D eigenvalue weighted by atomic mass is 32.1. The zero-order valence-corrected chi connectivity index (χ0v) is 19.1. The second-order valence-corrected chi connectivity index (χ2v) is 9.51. The molecule has 0 radical (unpaired) electrons. The van der Waals surface area contributed by atoms with Crippen molar-refractivity contribution in [1.82, 2.24) is 19.7 Å². The Morgan fingerprint density at radius 2 is 1.78 bits per heavy atom. The second kappa shape index (κ2) is 9.44.